The summed E-state index contributed by atoms with van der Waals surface area (Å²) in [6.45, 7) is 2.86. The summed E-state index contributed by atoms with van der Waals surface area (Å²) in [6, 6.07) is 4.60. The van der Waals surface area contributed by atoms with Gasteiger partial charge in [-0.25, -0.2) is 4.79 Å². The number of rotatable bonds is 5. The van der Waals surface area contributed by atoms with Crippen molar-refractivity contribution >= 4 is 11.4 Å². The molecule has 0 atom stereocenters. The molecule has 0 aliphatic heterocycles. The first-order chi connectivity index (χ1) is 9.54. The van der Waals surface area contributed by atoms with Gasteiger partial charge in [-0.3, -0.25) is 19.2 Å². The Morgan fingerprint density at radius 3 is 2.65 bits per heavy atom. The highest BCUT2D eigenvalue weighted by molar-refractivity contribution is 5.63. The largest absolute Gasteiger partial charge is 0.393 e. The van der Waals surface area contributed by atoms with Crippen LogP contribution in [0.3, 0.4) is 0 Å². The van der Waals surface area contributed by atoms with Crippen LogP contribution in [0.1, 0.15) is 18.9 Å². The Morgan fingerprint density at radius 2 is 2.00 bits per heavy atom. The number of nitrogens with zero attached hydrogens (tertiary/aromatic N) is 3. The van der Waals surface area contributed by atoms with Crippen LogP contribution in [-0.4, -0.2) is 14.1 Å². The van der Waals surface area contributed by atoms with Crippen LogP contribution in [0.25, 0.3) is 0 Å². The molecule has 0 spiro atoms. The molecule has 2 aromatic rings. The number of nitrogen functional groups attached to an aromatic ring is 1. The quantitative estimate of drug-likeness (QED) is 0.509. The highest BCUT2D eigenvalue weighted by Crippen LogP contribution is 2.25. The van der Waals surface area contributed by atoms with E-state index in [9.17, 15) is 14.9 Å². The molecule has 2 N–H and O–H groups in total. The van der Waals surface area contributed by atoms with Crippen LogP contribution in [0, 0.1) is 10.1 Å². The zero-order chi connectivity index (χ0) is 14.7. The molecule has 0 unspecified atom stereocenters. The van der Waals surface area contributed by atoms with E-state index in [1.807, 2.05) is 6.92 Å². The van der Waals surface area contributed by atoms with Crippen molar-refractivity contribution in [2.24, 2.45) is 0 Å². The highest BCUT2D eigenvalue weighted by atomic mass is 16.6. The monoisotopic (exact) mass is 276 g/mol. The zero-order valence-electron chi connectivity index (χ0n) is 11.2. The van der Waals surface area contributed by atoms with Crippen molar-refractivity contribution in [1.29, 1.82) is 0 Å². The standard InChI is InChI=1S/C13H16N4O3/c1-2-6-15-7-8-16(13(15)18)9-10-4-3-5-11(12(10)14)17(19)20/h3-5,7-8H,2,6,9,14H2,1H3. The number of nitro benzene ring substituents is 1. The fraction of sp³-hybridized carbons (Fsp3) is 0.308. The maximum atomic E-state index is 12.0. The van der Waals surface area contributed by atoms with E-state index in [0.29, 0.717) is 12.1 Å². The maximum Gasteiger partial charge on any atom is 0.328 e. The smallest absolute Gasteiger partial charge is 0.328 e. The van der Waals surface area contributed by atoms with Gasteiger partial charge in [-0.2, -0.15) is 0 Å². The average molecular weight is 276 g/mol. The van der Waals surface area contributed by atoms with Crippen LogP contribution < -0.4 is 11.4 Å². The Labute approximate surface area is 115 Å². The topological polar surface area (TPSA) is 96.1 Å². The van der Waals surface area contributed by atoms with Gasteiger partial charge in [0.1, 0.15) is 5.69 Å². The molecule has 1 aromatic carbocycles. The van der Waals surface area contributed by atoms with Crippen LogP contribution in [0.15, 0.2) is 35.4 Å². The third kappa shape index (κ3) is 2.56. The fourth-order valence-electron chi connectivity index (χ4n) is 2.06. The second-order valence-corrected chi connectivity index (χ2v) is 4.51. The van der Waals surface area contributed by atoms with Crippen LogP contribution in [0.5, 0.6) is 0 Å². The second-order valence-electron chi connectivity index (χ2n) is 4.51. The van der Waals surface area contributed by atoms with Crippen molar-refractivity contribution in [2.75, 3.05) is 5.73 Å². The number of nitro groups is 1. The number of aromatic nitrogens is 2. The van der Waals surface area contributed by atoms with E-state index in [2.05, 4.69) is 0 Å². The lowest BCUT2D eigenvalue weighted by molar-refractivity contribution is -0.383. The van der Waals surface area contributed by atoms with Crippen LogP contribution in [-0.2, 0) is 13.1 Å². The molecule has 1 heterocycles. The van der Waals surface area contributed by atoms with Crippen LogP contribution in [0.2, 0.25) is 0 Å². The van der Waals surface area contributed by atoms with Crippen molar-refractivity contribution in [1.82, 2.24) is 9.13 Å². The summed E-state index contributed by atoms with van der Waals surface area (Å²) in [7, 11) is 0. The molecule has 0 bridgehead atoms. The lowest BCUT2D eigenvalue weighted by Gasteiger charge is -2.06. The number of hydrogen-bond acceptors (Lipinski definition) is 4. The molecule has 2 rings (SSSR count). The summed E-state index contributed by atoms with van der Waals surface area (Å²) in [4.78, 5) is 22.4. The van der Waals surface area contributed by atoms with Gasteiger partial charge >= 0.3 is 5.69 Å². The molecule has 0 aliphatic rings. The Hall–Kier alpha value is -2.57. The number of imidazole rings is 1. The zero-order valence-corrected chi connectivity index (χ0v) is 11.2. The lowest BCUT2D eigenvalue weighted by Crippen LogP contribution is -2.24. The van der Waals surface area contributed by atoms with E-state index in [1.165, 1.54) is 10.6 Å². The maximum absolute atomic E-state index is 12.0. The minimum Gasteiger partial charge on any atom is -0.393 e. The molecule has 0 aliphatic carbocycles. The number of aryl methyl sites for hydroxylation is 1. The molecule has 1 aromatic heterocycles. The Morgan fingerprint density at radius 1 is 1.30 bits per heavy atom. The van der Waals surface area contributed by atoms with Gasteiger partial charge in [0.25, 0.3) is 5.69 Å². The number of nitrogens with two attached hydrogens (primary N) is 1. The van der Waals surface area contributed by atoms with Crippen molar-refractivity contribution in [3.05, 3.63) is 56.8 Å². The van der Waals surface area contributed by atoms with Gasteiger partial charge in [0.2, 0.25) is 0 Å². The van der Waals surface area contributed by atoms with Gasteiger partial charge in [0.05, 0.1) is 11.5 Å². The van der Waals surface area contributed by atoms with Crippen molar-refractivity contribution in [2.45, 2.75) is 26.4 Å². The highest BCUT2D eigenvalue weighted by Gasteiger charge is 2.15. The van der Waals surface area contributed by atoms with Crippen LogP contribution >= 0.6 is 0 Å². The predicted molar refractivity (Wildman–Crippen MR) is 75.6 cm³/mol. The summed E-state index contributed by atoms with van der Waals surface area (Å²) >= 11 is 0. The summed E-state index contributed by atoms with van der Waals surface area (Å²) in [5.41, 5.74) is 6.18. The minimum atomic E-state index is -0.524. The van der Waals surface area contributed by atoms with Gasteiger partial charge in [-0.05, 0) is 6.42 Å². The Bertz CT molecular complexity index is 687. The minimum absolute atomic E-state index is 0.104. The lowest BCUT2D eigenvalue weighted by atomic mass is 10.1. The molecule has 7 heteroatoms. The van der Waals surface area contributed by atoms with E-state index >= 15 is 0 Å². The number of hydrogen-bond donors (Lipinski definition) is 1. The molecule has 0 fully saturated rings. The average Bonchev–Trinajstić information content (AvgIpc) is 2.74. The summed E-state index contributed by atoms with van der Waals surface area (Å²) in [5, 5.41) is 10.8. The molecule has 20 heavy (non-hydrogen) atoms. The first kappa shape index (κ1) is 13.9. The summed E-state index contributed by atoms with van der Waals surface area (Å²) in [6.07, 6.45) is 4.23. The van der Waals surface area contributed by atoms with Gasteiger partial charge in [0.15, 0.2) is 0 Å². The first-order valence-corrected chi connectivity index (χ1v) is 6.32. The number of para-hydroxylation sites is 1. The third-order valence-corrected chi connectivity index (χ3v) is 3.09. The molecular weight excluding hydrogens is 260 g/mol. The second kappa shape index (κ2) is 5.60. The molecule has 0 saturated carbocycles. The summed E-state index contributed by atoms with van der Waals surface area (Å²) < 4.78 is 3.10. The summed E-state index contributed by atoms with van der Waals surface area (Å²) in [5.74, 6) is 0. The normalized spacial score (nSPS) is 10.7. The van der Waals surface area contributed by atoms with Gasteiger partial charge in [-0.15, -0.1) is 0 Å². The van der Waals surface area contributed by atoms with Crippen LogP contribution in [0.4, 0.5) is 11.4 Å². The van der Waals surface area contributed by atoms with Gasteiger partial charge in [0, 0.05) is 30.6 Å². The molecule has 7 nitrogen and oxygen atoms in total. The first-order valence-electron chi connectivity index (χ1n) is 6.32. The predicted octanol–water partition coefficient (Wildman–Crippen LogP) is 1.60. The Balaban J connectivity index is 2.33. The van der Waals surface area contributed by atoms with Crippen molar-refractivity contribution < 1.29 is 4.92 Å². The number of benzene rings is 1. The fourth-order valence-corrected chi connectivity index (χ4v) is 2.06. The molecular formula is C13H16N4O3. The number of anilines is 1. The van der Waals surface area contributed by atoms with Crippen molar-refractivity contribution in [3.8, 4) is 0 Å². The Kier molecular flexibility index (Phi) is 3.88. The molecule has 0 amide bonds. The van der Waals surface area contributed by atoms with Gasteiger partial charge in [-0.1, -0.05) is 19.1 Å². The van der Waals surface area contributed by atoms with E-state index in [0.717, 1.165) is 6.42 Å². The molecule has 106 valence electrons. The van der Waals surface area contributed by atoms with E-state index in [4.69, 9.17) is 5.73 Å². The van der Waals surface area contributed by atoms with Gasteiger partial charge < -0.3 is 5.73 Å². The SMILES string of the molecule is CCCn1ccn(Cc2cccc([N+](=O)[O-])c2N)c1=O. The van der Waals surface area contributed by atoms with E-state index in [-0.39, 0.29) is 23.6 Å². The molecule has 0 saturated heterocycles. The van der Waals surface area contributed by atoms with Crippen molar-refractivity contribution in [3.63, 3.8) is 0 Å². The molecule has 0 radical (unpaired) electrons. The van der Waals surface area contributed by atoms with E-state index < -0.39 is 4.92 Å². The van der Waals surface area contributed by atoms with E-state index in [1.54, 1.807) is 29.1 Å². The third-order valence-electron chi connectivity index (χ3n) is 3.09.